The summed E-state index contributed by atoms with van der Waals surface area (Å²) < 4.78 is 0. The maximum atomic E-state index is 13.3. The molecule has 2 amide bonds. The number of fused-ring (bicyclic) bond motifs is 2. The topological polar surface area (TPSA) is 217 Å². The van der Waals surface area contributed by atoms with Crippen LogP contribution in [0.2, 0.25) is 0 Å². The Labute approximate surface area is 230 Å². The summed E-state index contributed by atoms with van der Waals surface area (Å²) in [5.41, 5.74) is 20.4. The van der Waals surface area contributed by atoms with E-state index in [0.717, 1.165) is 32.9 Å². The van der Waals surface area contributed by atoms with Crippen LogP contribution in [0.4, 0.5) is 0 Å². The molecule has 12 nitrogen and oxygen atoms in total. The Bertz CT molecular complexity index is 1520. The third-order valence-electron chi connectivity index (χ3n) is 6.74. The van der Waals surface area contributed by atoms with Crippen molar-refractivity contribution < 1.29 is 19.5 Å². The second-order valence-electron chi connectivity index (χ2n) is 9.64. The van der Waals surface area contributed by atoms with Crippen molar-refractivity contribution in [3.63, 3.8) is 0 Å². The Morgan fingerprint density at radius 3 is 1.95 bits per heavy atom. The molecule has 0 aliphatic carbocycles. The molecule has 2 aromatic heterocycles. The highest BCUT2D eigenvalue weighted by Gasteiger charge is 2.28. The molecule has 2 aromatic carbocycles. The number of H-pyrrole nitrogens is 2. The molecule has 2 heterocycles. The van der Waals surface area contributed by atoms with Gasteiger partial charge in [-0.15, -0.1) is 0 Å². The molecule has 0 fully saturated rings. The zero-order chi connectivity index (χ0) is 28.6. The van der Waals surface area contributed by atoms with Gasteiger partial charge in [0.2, 0.25) is 11.8 Å². The predicted octanol–water partition coefficient (Wildman–Crippen LogP) is 0.870. The summed E-state index contributed by atoms with van der Waals surface area (Å²) in [5.74, 6) is -2.45. The summed E-state index contributed by atoms with van der Waals surface area (Å²) >= 11 is 0. The van der Waals surface area contributed by atoms with Gasteiger partial charge in [0, 0.05) is 47.2 Å². The maximum absolute atomic E-state index is 13.3. The molecule has 4 rings (SSSR count). The van der Waals surface area contributed by atoms with Gasteiger partial charge in [-0.2, -0.15) is 0 Å². The molecule has 0 saturated heterocycles. The van der Waals surface area contributed by atoms with Crippen LogP contribution in [0, 0.1) is 0 Å². The zero-order valence-corrected chi connectivity index (χ0v) is 21.9. The number of aliphatic carboxylic acids is 1. The fourth-order valence-electron chi connectivity index (χ4n) is 4.67. The number of aromatic nitrogens is 2. The standard InChI is InChI=1S/C28H34N8O4/c29-20(12-16-14-33-21-8-3-1-6-18(16)21)25(37)35-23(10-5-11-32-28(30)31)26(38)36-24(27(39)40)13-17-15-34-22-9-4-2-7-19(17)22/h1-4,6-9,14-15,20,23-24,33-34H,5,10-13,29H2,(H,35,37)(H,36,38)(H,39,40)(H4,30,31,32). The number of carboxylic acids is 1. The smallest absolute Gasteiger partial charge is 0.326 e. The van der Waals surface area contributed by atoms with Crippen LogP contribution in [0.3, 0.4) is 0 Å². The Hall–Kier alpha value is -4.84. The van der Waals surface area contributed by atoms with Crippen molar-refractivity contribution in [2.24, 2.45) is 22.2 Å². The van der Waals surface area contributed by atoms with Gasteiger partial charge in [0.1, 0.15) is 12.1 Å². The molecule has 11 N–H and O–H groups in total. The van der Waals surface area contributed by atoms with Crippen molar-refractivity contribution in [1.29, 1.82) is 0 Å². The van der Waals surface area contributed by atoms with Gasteiger partial charge in [-0.25, -0.2) is 4.79 Å². The van der Waals surface area contributed by atoms with Crippen LogP contribution in [0.15, 0.2) is 65.9 Å². The largest absolute Gasteiger partial charge is 0.480 e. The molecule has 210 valence electrons. The summed E-state index contributed by atoms with van der Waals surface area (Å²) in [4.78, 5) is 48.6. The van der Waals surface area contributed by atoms with E-state index in [1.54, 1.807) is 12.4 Å². The molecule has 0 bridgehead atoms. The number of benzene rings is 2. The Morgan fingerprint density at radius 1 is 0.825 bits per heavy atom. The number of amides is 2. The normalized spacial score (nSPS) is 13.4. The van der Waals surface area contributed by atoms with E-state index in [9.17, 15) is 19.5 Å². The van der Waals surface area contributed by atoms with Crippen LogP contribution in [-0.4, -0.2) is 63.5 Å². The number of carbonyl (C=O) groups excluding carboxylic acids is 2. The second-order valence-corrected chi connectivity index (χ2v) is 9.64. The lowest BCUT2D eigenvalue weighted by molar-refractivity contribution is -0.142. The third kappa shape index (κ3) is 6.97. The summed E-state index contributed by atoms with van der Waals surface area (Å²) in [6.45, 7) is 0.237. The first kappa shape index (κ1) is 28.2. The number of nitrogens with zero attached hydrogens (tertiary/aromatic N) is 1. The fourth-order valence-corrected chi connectivity index (χ4v) is 4.67. The van der Waals surface area contributed by atoms with Gasteiger partial charge >= 0.3 is 5.97 Å². The Kier molecular flexibility index (Phi) is 9.02. The van der Waals surface area contributed by atoms with Crippen LogP contribution >= 0.6 is 0 Å². The minimum Gasteiger partial charge on any atom is -0.480 e. The second kappa shape index (κ2) is 12.8. The minimum absolute atomic E-state index is 0.0554. The number of nitrogens with two attached hydrogens (primary N) is 3. The molecule has 4 aromatic rings. The number of carbonyl (C=O) groups is 3. The van der Waals surface area contributed by atoms with Crippen LogP contribution in [0.1, 0.15) is 24.0 Å². The van der Waals surface area contributed by atoms with E-state index in [1.807, 2.05) is 48.5 Å². The lowest BCUT2D eigenvalue weighted by Gasteiger charge is -2.23. The van der Waals surface area contributed by atoms with Gasteiger partial charge in [0.15, 0.2) is 5.96 Å². The number of para-hydroxylation sites is 2. The first-order chi connectivity index (χ1) is 19.2. The van der Waals surface area contributed by atoms with Gasteiger partial charge in [-0.05, 0) is 42.5 Å². The van der Waals surface area contributed by atoms with Crippen molar-refractivity contribution in [3.8, 4) is 0 Å². The van der Waals surface area contributed by atoms with Crippen molar-refractivity contribution in [1.82, 2.24) is 20.6 Å². The molecule has 0 spiro atoms. The van der Waals surface area contributed by atoms with E-state index < -0.39 is 35.9 Å². The molecule has 0 aliphatic rings. The van der Waals surface area contributed by atoms with E-state index in [4.69, 9.17) is 17.2 Å². The van der Waals surface area contributed by atoms with Crippen LogP contribution in [0.25, 0.3) is 21.8 Å². The number of hydrogen-bond acceptors (Lipinski definition) is 5. The molecule has 12 heteroatoms. The summed E-state index contributed by atoms with van der Waals surface area (Å²) in [6.07, 6.45) is 4.38. The van der Waals surface area contributed by atoms with Crippen molar-refractivity contribution in [2.75, 3.05) is 6.54 Å². The van der Waals surface area contributed by atoms with E-state index in [-0.39, 0.29) is 31.8 Å². The number of guanidine groups is 1. The Balaban J connectivity index is 1.45. The molecular formula is C28H34N8O4. The summed E-state index contributed by atoms with van der Waals surface area (Å²) in [7, 11) is 0. The SMILES string of the molecule is NC(N)=NCCCC(NC(=O)C(N)Cc1c[nH]c2ccccc12)C(=O)NC(Cc1c[nH]c2ccccc12)C(=O)O. The Morgan fingerprint density at radius 2 is 1.38 bits per heavy atom. The minimum atomic E-state index is -1.22. The number of aromatic amines is 2. The highest BCUT2D eigenvalue weighted by molar-refractivity contribution is 5.93. The number of carboxylic acid groups (broad SMARTS) is 1. The molecule has 3 atom stereocenters. The number of aliphatic imine (C=N–C) groups is 1. The molecule has 0 saturated carbocycles. The quantitative estimate of drug-likeness (QED) is 0.0686. The van der Waals surface area contributed by atoms with Gasteiger partial charge in [0.05, 0.1) is 6.04 Å². The first-order valence-corrected chi connectivity index (χ1v) is 13.0. The molecule has 0 radical (unpaired) electrons. The van der Waals surface area contributed by atoms with E-state index in [2.05, 4.69) is 25.6 Å². The molecule has 3 unspecified atom stereocenters. The number of hydrogen-bond donors (Lipinski definition) is 8. The van der Waals surface area contributed by atoms with Crippen molar-refractivity contribution in [3.05, 3.63) is 72.1 Å². The average molecular weight is 547 g/mol. The van der Waals surface area contributed by atoms with Gasteiger partial charge in [-0.1, -0.05) is 36.4 Å². The highest BCUT2D eigenvalue weighted by Crippen LogP contribution is 2.20. The first-order valence-electron chi connectivity index (χ1n) is 13.0. The lowest BCUT2D eigenvalue weighted by Crippen LogP contribution is -2.55. The summed E-state index contributed by atoms with van der Waals surface area (Å²) in [6, 6.07) is 12.0. The van der Waals surface area contributed by atoms with Gasteiger partial charge < -0.3 is 42.9 Å². The highest BCUT2D eigenvalue weighted by atomic mass is 16.4. The van der Waals surface area contributed by atoms with Crippen molar-refractivity contribution >= 4 is 45.5 Å². The monoisotopic (exact) mass is 546 g/mol. The number of rotatable bonds is 13. The average Bonchev–Trinajstić information content (AvgIpc) is 3.53. The fraction of sp³-hybridized carbons (Fsp3) is 0.286. The predicted molar refractivity (Wildman–Crippen MR) is 153 cm³/mol. The van der Waals surface area contributed by atoms with Gasteiger partial charge in [0.25, 0.3) is 0 Å². The maximum Gasteiger partial charge on any atom is 0.326 e. The van der Waals surface area contributed by atoms with E-state index in [0.29, 0.717) is 6.42 Å². The zero-order valence-electron chi connectivity index (χ0n) is 21.9. The lowest BCUT2D eigenvalue weighted by atomic mass is 10.0. The van der Waals surface area contributed by atoms with Crippen LogP contribution in [-0.2, 0) is 27.2 Å². The van der Waals surface area contributed by atoms with Gasteiger partial charge in [-0.3, -0.25) is 14.6 Å². The summed E-state index contributed by atoms with van der Waals surface area (Å²) in [5, 5.41) is 17.0. The van der Waals surface area contributed by atoms with Crippen LogP contribution < -0.4 is 27.8 Å². The molecule has 0 aliphatic heterocycles. The third-order valence-corrected chi connectivity index (χ3v) is 6.74. The van der Waals surface area contributed by atoms with E-state index >= 15 is 0 Å². The molecule has 40 heavy (non-hydrogen) atoms. The van der Waals surface area contributed by atoms with Crippen LogP contribution in [0.5, 0.6) is 0 Å². The van der Waals surface area contributed by atoms with Crippen molar-refractivity contribution in [2.45, 2.75) is 43.8 Å². The van der Waals surface area contributed by atoms with E-state index in [1.165, 1.54) is 0 Å². The molecular weight excluding hydrogens is 512 g/mol. The number of nitrogens with one attached hydrogen (secondary N) is 4.